The Morgan fingerprint density at radius 3 is 2.42 bits per heavy atom. The number of H-pyrrole nitrogens is 1. The minimum atomic E-state index is -0.985. The molecule has 5 rings (SSSR count). The second-order valence-corrected chi connectivity index (χ2v) is 8.22. The number of hydrogen-bond acceptors (Lipinski definition) is 3. The van der Waals surface area contributed by atoms with Crippen LogP contribution < -0.4 is 9.47 Å². The van der Waals surface area contributed by atoms with Gasteiger partial charge in [0.25, 0.3) is 0 Å². The molecule has 176 valence electrons. The van der Waals surface area contributed by atoms with E-state index in [1.54, 1.807) is 19.2 Å². The van der Waals surface area contributed by atoms with E-state index in [2.05, 4.69) is 16.8 Å². The molecule has 1 heterocycles. The summed E-state index contributed by atoms with van der Waals surface area (Å²) < 4.78 is 11.0. The first-order valence-electron chi connectivity index (χ1n) is 11.4. The molecule has 0 fully saturated rings. The number of methoxy groups -OCH3 is 1. The molecule has 0 aliphatic carbocycles. The molecule has 0 atom stereocenters. The second-order valence-electron chi connectivity index (χ2n) is 8.22. The molecule has 0 saturated heterocycles. The maximum Gasteiger partial charge on any atom is 0.336 e. The third kappa shape index (κ3) is 4.94. The number of carboxylic acid groups (broad SMARTS) is 1. The van der Waals surface area contributed by atoms with Gasteiger partial charge in [0.2, 0.25) is 0 Å². The largest absolute Gasteiger partial charge is 0.497 e. The lowest BCUT2D eigenvalue weighted by atomic mass is 9.93. The minimum absolute atomic E-state index is 0.221. The van der Waals surface area contributed by atoms with Gasteiger partial charge < -0.3 is 19.6 Å². The first-order chi connectivity index (χ1) is 17.6. The molecule has 5 nitrogen and oxygen atoms in total. The average molecular weight is 474 g/mol. The van der Waals surface area contributed by atoms with Gasteiger partial charge in [0, 0.05) is 28.4 Å². The molecule has 0 bridgehead atoms. The van der Waals surface area contributed by atoms with Gasteiger partial charge in [-0.15, -0.1) is 0 Å². The van der Waals surface area contributed by atoms with Crippen LogP contribution in [0.2, 0.25) is 0 Å². The van der Waals surface area contributed by atoms with Crippen molar-refractivity contribution in [1.82, 2.24) is 4.98 Å². The molecule has 4 aromatic carbocycles. The van der Waals surface area contributed by atoms with Crippen molar-refractivity contribution in [3.05, 3.63) is 119 Å². The number of aromatic carboxylic acids is 1. The highest BCUT2D eigenvalue weighted by Crippen LogP contribution is 2.30. The van der Waals surface area contributed by atoms with Crippen LogP contribution >= 0.6 is 0 Å². The number of nitrogens with one attached hydrogen (secondary N) is 1. The normalized spacial score (nSPS) is 10.5. The summed E-state index contributed by atoms with van der Waals surface area (Å²) >= 11 is 0. The van der Waals surface area contributed by atoms with Crippen LogP contribution in [0.4, 0.5) is 0 Å². The van der Waals surface area contributed by atoms with Crippen molar-refractivity contribution in [3.8, 4) is 34.5 Å². The van der Waals surface area contributed by atoms with E-state index in [-0.39, 0.29) is 5.56 Å². The predicted molar refractivity (Wildman–Crippen MR) is 140 cm³/mol. The van der Waals surface area contributed by atoms with Crippen molar-refractivity contribution in [1.29, 1.82) is 0 Å². The van der Waals surface area contributed by atoms with Crippen molar-refractivity contribution in [2.75, 3.05) is 7.11 Å². The summed E-state index contributed by atoms with van der Waals surface area (Å²) in [6.07, 6.45) is 1.87. The van der Waals surface area contributed by atoms with E-state index in [0.717, 1.165) is 39.1 Å². The number of benzene rings is 4. The predicted octanol–water partition coefficient (Wildman–Crippen LogP) is 6.52. The Morgan fingerprint density at radius 2 is 1.67 bits per heavy atom. The molecule has 5 heteroatoms. The zero-order valence-corrected chi connectivity index (χ0v) is 19.6. The lowest BCUT2D eigenvalue weighted by molar-refractivity contribution is 0.0697. The summed E-state index contributed by atoms with van der Waals surface area (Å²) in [4.78, 5) is 15.2. The van der Waals surface area contributed by atoms with Gasteiger partial charge in [0.1, 0.15) is 18.1 Å². The monoisotopic (exact) mass is 473 g/mol. The van der Waals surface area contributed by atoms with E-state index in [1.165, 1.54) is 0 Å². The zero-order valence-electron chi connectivity index (χ0n) is 19.6. The van der Waals surface area contributed by atoms with Crippen LogP contribution in [-0.2, 0) is 6.61 Å². The molecular formula is C31H23NO4. The maximum atomic E-state index is 12.0. The van der Waals surface area contributed by atoms with Crippen molar-refractivity contribution < 1.29 is 19.4 Å². The summed E-state index contributed by atoms with van der Waals surface area (Å²) in [5, 5.41) is 10.9. The fraction of sp³-hybridized carbons (Fsp3) is 0.0645. The maximum absolute atomic E-state index is 12.0. The van der Waals surface area contributed by atoms with Crippen LogP contribution in [0, 0.1) is 11.8 Å². The minimum Gasteiger partial charge on any atom is -0.497 e. The number of rotatable bonds is 6. The zero-order chi connectivity index (χ0) is 24.9. The lowest BCUT2D eigenvalue weighted by Gasteiger charge is -2.10. The van der Waals surface area contributed by atoms with Crippen molar-refractivity contribution >= 4 is 16.9 Å². The van der Waals surface area contributed by atoms with Crippen molar-refractivity contribution in [2.45, 2.75) is 6.61 Å². The number of aromatic amines is 1. The number of hydrogen-bond donors (Lipinski definition) is 2. The Labute approximate surface area is 209 Å². The molecule has 0 amide bonds. The van der Waals surface area contributed by atoms with Crippen molar-refractivity contribution in [3.63, 3.8) is 0 Å². The molecule has 0 spiro atoms. The third-order valence-electron chi connectivity index (χ3n) is 5.90. The fourth-order valence-corrected chi connectivity index (χ4v) is 4.01. The van der Waals surface area contributed by atoms with Gasteiger partial charge in [-0.05, 0) is 77.2 Å². The Kier molecular flexibility index (Phi) is 6.42. The van der Waals surface area contributed by atoms with Crippen LogP contribution in [0.5, 0.6) is 11.5 Å². The van der Waals surface area contributed by atoms with Gasteiger partial charge in [-0.25, -0.2) is 4.79 Å². The van der Waals surface area contributed by atoms with Gasteiger partial charge >= 0.3 is 5.97 Å². The molecule has 0 aliphatic rings. The average Bonchev–Trinajstić information content (AvgIpc) is 3.39. The molecule has 36 heavy (non-hydrogen) atoms. The van der Waals surface area contributed by atoms with Gasteiger partial charge in [-0.2, -0.15) is 0 Å². The summed E-state index contributed by atoms with van der Waals surface area (Å²) in [7, 11) is 1.63. The topological polar surface area (TPSA) is 71.6 Å². The van der Waals surface area contributed by atoms with Gasteiger partial charge in [-0.3, -0.25) is 0 Å². The molecule has 5 aromatic rings. The van der Waals surface area contributed by atoms with Gasteiger partial charge in [0.05, 0.1) is 12.7 Å². The number of carboxylic acids is 1. The van der Waals surface area contributed by atoms with Gasteiger partial charge in [0.15, 0.2) is 0 Å². The van der Waals surface area contributed by atoms with E-state index >= 15 is 0 Å². The van der Waals surface area contributed by atoms with Crippen molar-refractivity contribution in [2.24, 2.45) is 0 Å². The number of fused-ring (bicyclic) bond motifs is 1. The van der Waals surface area contributed by atoms with Crippen LogP contribution in [0.3, 0.4) is 0 Å². The second kappa shape index (κ2) is 10.1. The molecule has 2 N–H and O–H groups in total. The van der Waals surface area contributed by atoms with E-state index in [4.69, 9.17) is 9.47 Å². The van der Waals surface area contributed by atoms with Gasteiger partial charge in [-0.1, -0.05) is 42.2 Å². The lowest BCUT2D eigenvalue weighted by Crippen LogP contribution is -2.01. The summed E-state index contributed by atoms with van der Waals surface area (Å²) in [6, 6.07) is 28.3. The number of ether oxygens (including phenoxy) is 2. The first-order valence-corrected chi connectivity index (χ1v) is 11.4. The highest BCUT2D eigenvalue weighted by atomic mass is 16.5. The van der Waals surface area contributed by atoms with Crippen LogP contribution in [0.15, 0.2) is 97.2 Å². The number of aromatic nitrogens is 1. The summed E-state index contributed by atoms with van der Waals surface area (Å²) in [6.45, 7) is 0.437. The smallest absolute Gasteiger partial charge is 0.336 e. The molecule has 0 saturated carbocycles. The molecular weight excluding hydrogens is 450 g/mol. The standard InChI is InChI=1S/C31H23NO4/c1-35-26-13-15-27(16-14-26)36-20-22-7-5-21(6-8-22)9-10-24-3-2-4-28(31(33)34)30(24)25-12-11-23-17-18-32-29(23)19-25/h2-8,11-19,32H,20H2,1H3,(H,33,34). The third-order valence-corrected chi connectivity index (χ3v) is 5.90. The van der Waals surface area contributed by atoms with E-state index in [1.807, 2.05) is 85.1 Å². The quantitative estimate of drug-likeness (QED) is 0.275. The Balaban J connectivity index is 1.38. The van der Waals surface area contributed by atoms with E-state index in [9.17, 15) is 9.90 Å². The Morgan fingerprint density at radius 1 is 0.889 bits per heavy atom. The van der Waals surface area contributed by atoms with Crippen LogP contribution in [0.25, 0.3) is 22.0 Å². The molecule has 0 aliphatic heterocycles. The molecule has 0 unspecified atom stereocenters. The summed E-state index contributed by atoms with van der Waals surface area (Å²) in [5.74, 6) is 6.93. The summed E-state index contributed by atoms with van der Waals surface area (Å²) in [5.41, 5.74) is 5.08. The highest BCUT2D eigenvalue weighted by Gasteiger charge is 2.15. The van der Waals surface area contributed by atoms with Crippen LogP contribution in [0.1, 0.15) is 27.0 Å². The number of carbonyl (C=O) groups is 1. The first kappa shape index (κ1) is 22.8. The highest BCUT2D eigenvalue weighted by molar-refractivity contribution is 5.99. The SMILES string of the molecule is COc1ccc(OCc2ccc(C#Cc3cccc(C(=O)O)c3-c3ccc4cc[nH]c4c3)cc2)cc1. The molecule has 1 aromatic heterocycles. The van der Waals surface area contributed by atoms with Crippen LogP contribution in [-0.4, -0.2) is 23.2 Å². The van der Waals surface area contributed by atoms with E-state index in [0.29, 0.717) is 17.7 Å². The Hall–Kier alpha value is -4.95. The molecule has 0 radical (unpaired) electrons. The van der Waals surface area contributed by atoms with E-state index < -0.39 is 5.97 Å². The fourth-order valence-electron chi connectivity index (χ4n) is 4.01. The Bertz CT molecular complexity index is 1590.